The van der Waals surface area contributed by atoms with Crippen molar-refractivity contribution in [1.82, 2.24) is 15.2 Å². The summed E-state index contributed by atoms with van der Waals surface area (Å²) in [6, 6.07) is 9.23. The van der Waals surface area contributed by atoms with E-state index in [1.807, 2.05) is 13.0 Å². The van der Waals surface area contributed by atoms with E-state index in [1.165, 1.54) is 12.1 Å². The molecule has 134 valence electrons. The van der Waals surface area contributed by atoms with Crippen molar-refractivity contribution in [2.24, 2.45) is 0 Å². The smallest absolute Gasteiger partial charge is 0.293 e. The van der Waals surface area contributed by atoms with Gasteiger partial charge in [-0.15, -0.1) is 0 Å². The Kier molecular flexibility index (Phi) is 4.28. The number of carbonyl (C=O) groups is 1. The minimum atomic E-state index is -0.327. The molecule has 0 spiro atoms. The summed E-state index contributed by atoms with van der Waals surface area (Å²) in [5.74, 6) is 0.298. The van der Waals surface area contributed by atoms with Gasteiger partial charge in [-0.2, -0.15) is 0 Å². The number of nitrogens with zero attached hydrogens (tertiary/aromatic N) is 3. The van der Waals surface area contributed by atoms with E-state index in [-0.39, 0.29) is 23.5 Å². The molecule has 3 aromatic rings. The van der Waals surface area contributed by atoms with Crippen molar-refractivity contribution < 1.29 is 18.2 Å². The van der Waals surface area contributed by atoms with E-state index in [0.717, 1.165) is 25.0 Å². The average Bonchev–Trinajstić information content (AvgIpc) is 3.40. The van der Waals surface area contributed by atoms with Gasteiger partial charge in [0, 0.05) is 24.2 Å². The Morgan fingerprint density at radius 3 is 2.77 bits per heavy atom. The van der Waals surface area contributed by atoms with Crippen molar-refractivity contribution in [3.8, 4) is 11.3 Å². The van der Waals surface area contributed by atoms with Crippen LogP contribution < -0.4 is 0 Å². The molecule has 0 saturated carbocycles. The Bertz CT molecular complexity index is 916. The van der Waals surface area contributed by atoms with Gasteiger partial charge in [0.05, 0.1) is 11.7 Å². The summed E-state index contributed by atoms with van der Waals surface area (Å²) in [6.45, 7) is 2.63. The number of likely N-dealkylation sites (tertiary alicyclic amines) is 1. The zero-order valence-electron chi connectivity index (χ0n) is 14.3. The van der Waals surface area contributed by atoms with Gasteiger partial charge in [-0.25, -0.2) is 4.39 Å². The Balaban J connectivity index is 1.56. The molecule has 7 heteroatoms. The molecule has 1 unspecified atom stereocenters. The summed E-state index contributed by atoms with van der Waals surface area (Å²) in [7, 11) is 0. The molecular formula is C19H18FN3O3. The lowest BCUT2D eigenvalue weighted by molar-refractivity contribution is 0.0672. The topological polar surface area (TPSA) is 72.4 Å². The highest BCUT2D eigenvalue weighted by atomic mass is 19.1. The summed E-state index contributed by atoms with van der Waals surface area (Å²) in [5.41, 5.74) is 2.06. The maximum atomic E-state index is 13.1. The number of hydrogen-bond acceptors (Lipinski definition) is 5. The lowest BCUT2D eigenvalue weighted by Gasteiger charge is -2.20. The molecule has 0 bridgehead atoms. The number of amides is 1. The highest BCUT2D eigenvalue weighted by molar-refractivity contribution is 5.92. The fourth-order valence-electron chi connectivity index (χ4n) is 3.23. The molecule has 1 aliphatic heterocycles. The highest BCUT2D eigenvalue weighted by Gasteiger charge is 2.35. The maximum Gasteiger partial charge on any atom is 0.293 e. The van der Waals surface area contributed by atoms with Crippen LogP contribution in [0, 0.1) is 5.82 Å². The number of hydrogen-bond donors (Lipinski definition) is 0. The molecule has 2 aromatic heterocycles. The number of carbonyl (C=O) groups excluding carboxylic acids is 1. The van der Waals surface area contributed by atoms with Crippen molar-refractivity contribution in [2.45, 2.75) is 32.2 Å². The Labute approximate surface area is 149 Å². The first-order valence-corrected chi connectivity index (χ1v) is 8.65. The van der Waals surface area contributed by atoms with Crippen molar-refractivity contribution in [3.63, 3.8) is 0 Å². The van der Waals surface area contributed by atoms with Crippen LogP contribution in [0.15, 0.2) is 45.4 Å². The van der Waals surface area contributed by atoms with Crippen molar-refractivity contribution in [1.29, 1.82) is 0 Å². The second-order valence-electron chi connectivity index (χ2n) is 6.31. The van der Waals surface area contributed by atoms with Gasteiger partial charge in [0.25, 0.3) is 5.91 Å². The lowest BCUT2D eigenvalue weighted by Crippen LogP contribution is -2.30. The third-order valence-electron chi connectivity index (χ3n) is 4.64. The summed E-state index contributed by atoms with van der Waals surface area (Å²) in [6.07, 6.45) is 2.49. The zero-order chi connectivity index (χ0) is 18.1. The van der Waals surface area contributed by atoms with E-state index in [9.17, 15) is 9.18 Å². The molecule has 0 radical (unpaired) electrons. The van der Waals surface area contributed by atoms with Crippen LogP contribution in [0.3, 0.4) is 0 Å². The van der Waals surface area contributed by atoms with Gasteiger partial charge >= 0.3 is 0 Å². The van der Waals surface area contributed by atoms with E-state index in [2.05, 4.69) is 10.3 Å². The van der Waals surface area contributed by atoms with Crippen LogP contribution in [0.2, 0.25) is 0 Å². The molecule has 1 fully saturated rings. The molecule has 1 saturated heterocycles. The van der Waals surface area contributed by atoms with Gasteiger partial charge in [-0.3, -0.25) is 4.79 Å². The first kappa shape index (κ1) is 16.5. The van der Waals surface area contributed by atoms with Gasteiger partial charge < -0.3 is 13.9 Å². The molecule has 1 aromatic carbocycles. The fourth-order valence-corrected chi connectivity index (χ4v) is 3.23. The number of aryl methyl sites for hydroxylation is 1. The third-order valence-corrected chi connectivity index (χ3v) is 4.64. The number of benzene rings is 1. The van der Waals surface area contributed by atoms with E-state index >= 15 is 0 Å². The van der Waals surface area contributed by atoms with Crippen LogP contribution in [0.25, 0.3) is 11.3 Å². The minimum Gasteiger partial charge on any atom is -0.359 e. The minimum absolute atomic E-state index is 0.144. The first-order valence-electron chi connectivity index (χ1n) is 8.65. The lowest BCUT2D eigenvalue weighted by atomic mass is 10.1. The van der Waals surface area contributed by atoms with Crippen LogP contribution in [0.5, 0.6) is 0 Å². The van der Waals surface area contributed by atoms with Gasteiger partial charge in [0.1, 0.15) is 11.5 Å². The van der Waals surface area contributed by atoms with Gasteiger partial charge in [0.15, 0.2) is 5.76 Å². The first-order chi connectivity index (χ1) is 12.7. The summed E-state index contributed by atoms with van der Waals surface area (Å²) >= 11 is 0. The van der Waals surface area contributed by atoms with Crippen LogP contribution in [0.4, 0.5) is 4.39 Å². The quantitative estimate of drug-likeness (QED) is 0.707. The highest BCUT2D eigenvalue weighted by Crippen LogP contribution is 2.34. The third kappa shape index (κ3) is 3.00. The zero-order valence-corrected chi connectivity index (χ0v) is 14.3. The van der Waals surface area contributed by atoms with E-state index in [1.54, 1.807) is 23.1 Å². The molecule has 0 N–H and O–H groups in total. The molecule has 3 heterocycles. The molecule has 1 atom stereocenters. The predicted molar refractivity (Wildman–Crippen MR) is 90.8 cm³/mol. The maximum absolute atomic E-state index is 13.1. The standard InChI is InChI=1S/C19H18FN3O3/c1-2-14-10-17(25-21-14)16-4-3-9-23(16)19(24)18-11-15(22-26-18)12-5-7-13(20)8-6-12/h5-8,10-11,16H,2-4,9H2,1H3. The van der Waals surface area contributed by atoms with Gasteiger partial charge in [-0.05, 0) is 43.5 Å². The van der Waals surface area contributed by atoms with Gasteiger partial charge in [-0.1, -0.05) is 17.2 Å². The molecule has 1 amide bonds. The van der Waals surface area contributed by atoms with E-state index in [0.29, 0.717) is 23.6 Å². The number of halogens is 1. The summed E-state index contributed by atoms with van der Waals surface area (Å²) in [5, 5.41) is 7.96. The van der Waals surface area contributed by atoms with Crippen LogP contribution in [-0.2, 0) is 6.42 Å². The number of rotatable bonds is 4. The second kappa shape index (κ2) is 6.74. The van der Waals surface area contributed by atoms with Crippen molar-refractivity contribution in [3.05, 3.63) is 59.4 Å². The Morgan fingerprint density at radius 2 is 2.04 bits per heavy atom. The summed E-state index contributed by atoms with van der Waals surface area (Å²) < 4.78 is 23.7. The Hall–Kier alpha value is -2.96. The van der Waals surface area contributed by atoms with Crippen LogP contribution in [0.1, 0.15) is 47.8 Å². The predicted octanol–water partition coefficient (Wildman–Crippen LogP) is 4.01. The van der Waals surface area contributed by atoms with Crippen LogP contribution in [-0.4, -0.2) is 27.7 Å². The largest absolute Gasteiger partial charge is 0.359 e. The Morgan fingerprint density at radius 1 is 1.23 bits per heavy atom. The SMILES string of the molecule is CCc1cc(C2CCCN2C(=O)c2cc(-c3ccc(F)cc3)no2)on1. The monoisotopic (exact) mass is 355 g/mol. The van der Waals surface area contributed by atoms with E-state index in [4.69, 9.17) is 9.05 Å². The van der Waals surface area contributed by atoms with E-state index < -0.39 is 0 Å². The molecule has 1 aliphatic rings. The molecule has 26 heavy (non-hydrogen) atoms. The molecular weight excluding hydrogens is 337 g/mol. The fraction of sp³-hybridized carbons (Fsp3) is 0.316. The van der Waals surface area contributed by atoms with Crippen LogP contribution >= 0.6 is 0 Å². The van der Waals surface area contributed by atoms with Crippen molar-refractivity contribution >= 4 is 5.91 Å². The normalized spacial score (nSPS) is 17.0. The number of aromatic nitrogens is 2. The average molecular weight is 355 g/mol. The second-order valence-corrected chi connectivity index (χ2v) is 6.31. The molecule has 4 rings (SSSR count). The molecule has 0 aliphatic carbocycles. The molecule has 6 nitrogen and oxygen atoms in total. The van der Waals surface area contributed by atoms with Crippen molar-refractivity contribution in [2.75, 3.05) is 6.54 Å². The van der Waals surface area contributed by atoms with Gasteiger partial charge in [0.2, 0.25) is 5.76 Å². The summed E-state index contributed by atoms with van der Waals surface area (Å²) in [4.78, 5) is 14.6.